The van der Waals surface area contributed by atoms with Crippen molar-refractivity contribution in [3.63, 3.8) is 0 Å². The summed E-state index contributed by atoms with van der Waals surface area (Å²) in [6, 6.07) is 1.17. The Labute approximate surface area is 114 Å². The van der Waals surface area contributed by atoms with E-state index < -0.39 is 16.6 Å². The first kappa shape index (κ1) is 14.2. The van der Waals surface area contributed by atoms with Crippen molar-refractivity contribution in [2.24, 2.45) is 0 Å². The molecule has 1 heterocycles. The van der Waals surface area contributed by atoms with Crippen LogP contribution in [0.5, 0.6) is 0 Å². The van der Waals surface area contributed by atoms with Crippen LogP contribution in [0.1, 0.15) is 29.6 Å². The standard InChI is InChI=1S/C12H15N3O5/c1-20-12(3-2-4-12)7-14-10-5-8(11(16)17)9(6-13-10)15(18)19/h5-6H,2-4,7H2,1H3,(H,13,14)(H,16,17). The summed E-state index contributed by atoms with van der Waals surface area (Å²) < 4.78 is 5.42. The Morgan fingerprint density at radius 2 is 2.35 bits per heavy atom. The molecule has 20 heavy (non-hydrogen) atoms. The molecule has 0 spiro atoms. The van der Waals surface area contributed by atoms with E-state index in [1.165, 1.54) is 6.07 Å². The van der Waals surface area contributed by atoms with E-state index in [1.807, 2.05) is 0 Å². The highest BCUT2D eigenvalue weighted by molar-refractivity contribution is 5.93. The normalized spacial score (nSPS) is 16.2. The van der Waals surface area contributed by atoms with Gasteiger partial charge >= 0.3 is 11.7 Å². The van der Waals surface area contributed by atoms with Crippen molar-refractivity contribution >= 4 is 17.5 Å². The third-order valence-electron chi connectivity index (χ3n) is 3.60. The van der Waals surface area contributed by atoms with Gasteiger partial charge in [-0.1, -0.05) is 0 Å². The number of aromatic nitrogens is 1. The number of hydrogen-bond acceptors (Lipinski definition) is 6. The van der Waals surface area contributed by atoms with Crippen LogP contribution in [0.15, 0.2) is 12.3 Å². The SMILES string of the molecule is COC1(CNc2cc(C(=O)O)c([N+](=O)[O-])cn2)CCC1. The minimum absolute atomic E-state index is 0.243. The van der Waals surface area contributed by atoms with Gasteiger partial charge in [0, 0.05) is 19.7 Å². The zero-order chi connectivity index (χ0) is 14.8. The molecule has 0 unspecified atom stereocenters. The summed E-state index contributed by atoms with van der Waals surface area (Å²) in [6.07, 6.45) is 3.89. The van der Waals surface area contributed by atoms with Crippen LogP contribution in [-0.4, -0.2) is 40.2 Å². The number of aromatic carboxylic acids is 1. The monoisotopic (exact) mass is 281 g/mol. The number of nitro groups is 1. The van der Waals surface area contributed by atoms with Crippen molar-refractivity contribution in [3.8, 4) is 0 Å². The molecule has 0 atom stereocenters. The molecule has 1 fully saturated rings. The van der Waals surface area contributed by atoms with Crippen LogP contribution in [0.25, 0.3) is 0 Å². The maximum atomic E-state index is 11.0. The second-order valence-electron chi connectivity index (χ2n) is 4.74. The Balaban J connectivity index is 2.15. The lowest BCUT2D eigenvalue weighted by atomic mass is 9.80. The topological polar surface area (TPSA) is 115 Å². The predicted octanol–water partition coefficient (Wildman–Crippen LogP) is 1.67. The van der Waals surface area contributed by atoms with Crippen molar-refractivity contribution in [1.82, 2.24) is 4.98 Å². The van der Waals surface area contributed by atoms with Crippen LogP contribution in [0.4, 0.5) is 11.5 Å². The fraction of sp³-hybridized carbons (Fsp3) is 0.500. The molecule has 8 nitrogen and oxygen atoms in total. The molecular weight excluding hydrogens is 266 g/mol. The maximum Gasteiger partial charge on any atom is 0.342 e. The molecule has 1 aromatic heterocycles. The first-order valence-corrected chi connectivity index (χ1v) is 6.14. The number of carbonyl (C=O) groups is 1. The van der Waals surface area contributed by atoms with Crippen LogP contribution in [0, 0.1) is 10.1 Å². The summed E-state index contributed by atoms with van der Waals surface area (Å²) in [5, 5.41) is 22.7. The minimum Gasteiger partial charge on any atom is -0.477 e. The molecule has 1 aliphatic rings. The highest BCUT2D eigenvalue weighted by atomic mass is 16.6. The number of pyridine rings is 1. The van der Waals surface area contributed by atoms with Crippen LogP contribution in [-0.2, 0) is 4.74 Å². The molecule has 8 heteroatoms. The van der Waals surface area contributed by atoms with Gasteiger partial charge in [-0.3, -0.25) is 10.1 Å². The molecule has 0 amide bonds. The summed E-state index contributed by atoms with van der Waals surface area (Å²) in [5.74, 6) is -1.07. The van der Waals surface area contributed by atoms with E-state index in [2.05, 4.69) is 10.3 Å². The van der Waals surface area contributed by atoms with Gasteiger partial charge in [0.2, 0.25) is 0 Å². The van der Waals surface area contributed by atoms with Crippen LogP contribution >= 0.6 is 0 Å². The van der Waals surface area contributed by atoms with Gasteiger partial charge < -0.3 is 15.2 Å². The number of carboxylic acid groups (broad SMARTS) is 1. The molecule has 2 N–H and O–H groups in total. The van der Waals surface area contributed by atoms with Crippen molar-refractivity contribution in [2.45, 2.75) is 24.9 Å². The van der Waals surface area contributed by atoms with Gasteiger partial charge in [0.15, 0.2) is 0 Å². The number of nitrogens with zero attached hydrogens (tertiary/aromatic N) is 2. The molecule has 1 aromatic rings. The highest BCUT2D eigenvalue weighted by Crippen LogP contribution is 2.35. The number of nitrogens with one attached hydrogen (secondary N) is 1. The van der Waals surface area contributed by atoms with Crippen molar-refractivity contribution in [3.05, 3.63) is 27.9 Å². The molecular formula is C12H15N3O5. The first-order chi connectivity index (χ1) is 9.47. The van der Waals surface area contributed by atoms with Crippen molar-refractivity contribution < 1.29 is 19.6 Å². The lowest BCUT2D eigenvalue weighted by Crippen LogP contribution is -2.45. The predicted molar refractivity (Wildman–Crippen MR) is 69.9 cm³/mol. The van der Waals surface area contributed by atoms with E-state index >= 15 is 0 Å². The van der Waals surface area contributed by atoms with Crippen LogP contribution < -0.4 is 5.32 Å². The number of ether oxygens (including phenoxy) is 1. The van der Waals surface area contributed by atoms with Gasteiger partial charge in [-0.25, -0.2) is 9.78 Å². The Morgan fingerprint density at radius 1 is 1.65 bits per heavy atom. The molecule has 108 valence electrons. The lowest BCUT2D eigenvalue weighted by molar-refractivity contribution is -0.385. The van der Waals surface area contributed by atoms with Gasteiger partial charge in [-0.2, -0.15) is 0 Å². The zero-order valence-corrected chi connectivity index (χ0v) is 11.0. The third-order valence-corrected chi connectivity index (χ3v) is 3.60. The van der Waals surface area contributed by atoms with Gasteiger partial charge in [-0.15, -0.1) is 0 Å². The van der Waals surface area contributed by atoms with Gasteiger partial charge in [-0.05, 0) is 19.3 Å². The fourth-order valence-corrected chi connectivity index (χ4v) is 2.14. The van der Waals surface area contributed by atoms with Gasteiger partial charge in [0.1, 0.15) is 17.6 Å². The molecule has 0 radical (unpaired) electrons. The molecule has 0 bridgehead atoms. The summed E-state index contributed by atoms with van der Waals surface area (Å²) >= 11 is 0. The van der Waals surface area contributed by atoms with E-state index in [4.69, 9.17) is 9.84 Å². The van der Waals surface area contributed by atoms with Crippen LogP contribution in [0.2, 0.25) is 0 Å². The number of rotatable bonds is 6. The Kier molecular flexibility index (Phi) is 3.84. The number of anilines is 1. The Morgan fingerprint density at radius 3 is 2.80 bits per heavy atom. The van der Waals surface area contributed by atoms with E-state index in [0.29, 0.717) is 6.54 Å². The molecule has 1 saturated carbocycles. The van der Waals surface area contributed by atoms with E-state index in [-0.39, 0.29) is 17.0 Å². The highest BCUT2D eigenvalue weighted by Gasteiger charge is 2.36. The van der Waals surface area contributed by atoms with E-state index in [1.54, 1.807) is 7.11 Å². The van der Waals surface area contributed by atoms with Crippen molar-refractivity contribution in [2.75, 3.05) is 19.0 Å². The quantitative estimate of drug-likeness (QED) is 0.602. The van der Waals surface area contributed by atoms with E-state index in [0.717, 1.165) is 25.5 Å². The summed E-state index contributed by atoms with van der Waals surface area (Å²) in [6.45, 7) is 0.493. The van der Waals surface area contributed by atoms with Crippen LogP contribution in [0.3, 0.4) is 0 Å². The van der Waals surface area contributed by atoms with E-state index in [9.17, 15) is 14.9 Å². The Hall–Kier alpha value is -2.22. The molecule has 0 saturated heterocycles. The maximum absolute atomic E-state index is 11.0. The minimum atomic E-state index is -1.35. The lowest BCUT2D eigenvalue weighted by Gasteiger charge is -2.40. The van der Waals surface area contributed by atoms with Gasteiger partial charge in [0.05, 0.1) is 10.5 Å². The van der Waals surface area contributed by atoms with Crippen molar-refractivity contribution in [1.29, 1.82) is 0 Å². The Bertz CT molecular complexity index is 536. The molecule has 2 rings (SSSR count). The number of carboxylic acids is 1. The number of methoxy groups -OCH3 is 1. The summed E-state index contributed by atoms with van der Waals surface area (Å²) in [5.41, 5.74) is -1.15. The molecule has 0 aliphatic heterocycles. The molecule has 0 aromatic carbocycles. The largest absolute Gasteiger partial charge is 0.477 e. The average Bonchev–Trinajstić information content (AvgIpc) is 2.37. The van der Waals surface area contributed by atoms with Gasteiger partial charge in [0.25, 0.3) is 0 Å². The summed E-state index contributed by atoms with van der Waals surface area (Å²) in [7, 11) is 1.63. The zero-order valence-electron chi connectivity index (χ0n) is 11.0. The third kappa shape index (κ3) is 2.69. The average molecular weight is 281 g/mol. The summed E-state index contributed by atoms with van der Waals surface area (Å²) in [4.78, 5) is 24.8. The first-order valence-electron chi connectivity index (χ1n) is 6.14. The molecule has 1 aliphatic carbocycles. The smallest absolute Gasteiger partial charge is 0.342 e. The second kappa shape index (κ2) is 5.41. The fourth-order valence-electron chi connectivity index (χ4n) is 2.14. The second-order valence-corrected chi connectivity index (χ2v) is 4.74. The number of hydrogen-bond donors (Lipinski definition) is 2.